The van der Waals surface area contributed by atoms with Gasteiger partial charge in [-0.15, -0.1) is 11.6 Å². The van der Waals surface area contributed by atoms with E-state index in [9.17, 15) is 14.4 Å². The summed E-state index contributed by atoms with van der Waals surface area (Å²) in [5.74, 6) is -2.35. The summed E-state index contributed by atoms with van der Waals surface area (Å²) in [6, 6.07) is 0. The van der Waals surface area contributed by atoms with Gasteiger partial charge in [0.05, 0.1) is 6.10 Å². The standard InChI is InChI=1S/C13H19ClO8/c1-6-10(20-7(2)15)11(21-8(3)16)12(13(18-4)19-6)22-9(17)5-14/h6,10-13H,5H2,1-4H3/t6-,10-,11+,12-,13-/m0/s1. The van der Waals surface area contributed by atoms with Crippen molar-refractivity contribution in [3.05, 3.63) is 0 Å². The molecule has 0 aliphatic carbocycles. The van der Waals surface area contributed by atoms with Crippen molar-refractivity contribution in [2.24, 2.45) is 0 Å². The van der Waals surface area contributed by atoms with Gasteiger partial charge in [0.2, 0.25) is 0 Å². The van der Waals surface area contributed by atoms with Crippen LogP contribution in [0.4, 0.5) is 0 Å². The first-order valence-corrected chi connectivity index (χ1v) is 7.11. The molecule has 22 heavy (non-hydrogen) atoms. The maximum atomic E-state index is 11.5. The Balaban J connectivity index is 3.08. The molecule has 126 valence electrons. The SMILES string of the molecule is CO[C@H]1O[C@@H](C)[C@H](OC(C)=O)[C@@H](OC(C)=O)[C@@H]1OC(=O)CCl. The Labute approximate surface area is 132 Å². The molecule has 1 aliphatic rings. The van der Waals surface area contributed by atoms with Crippen molar-refractivity contribution in [3.8, 4) is 0 Å². The lowest BCUT2D eigenvalue weighted by Gasteiger charge is -2.42. The fraction of sp³-hybridized carbons (Fsp3) is 0.769. The predicted molar refractivity (Wildman–Crippen MR) is 73.1 cm³/mol. The van der Waals surface area contributed by atoms with Gasteiger partial charge in [-0.05, 0) is 6.92 Å². The van der Waals surface area contributed by atoms with Gasteiger partial charge in [-0.2, -0.15) is 0 Å². The highest BCUT2D eigenvalue weighted by Crippen LogP contribution is 2.28. The third-order valence-electron chi connectivity index (χ3n) is 2.94. The maximum absolute atomic E-state index is 11.5. The molecule has 1 rings (SSSR count). The topological polar surface area (TPSA) is 97.4 Å². The number of halogens is 1. The van der Waals surface area contributed by atoms with Crippen LogP contribution in [0.1, 0.15) is 20.8 Å². The molecule has 0 N–H and O–H groups in total. The third-order valence-corrected chi connectivity index (χ3v) is 3.16. The Kier molecular flexibility index (Phi) is 7.05. The second-order valence-electron chi connectivity index (χ2n) is 4.68. The van der Waals surface area contributed by atoms with Gasteiger partial charge in [-0.25, -0.2) is 0 Å². The van der Waals surface area contributed by atoms with Gasteiger partial charge >= 0.3 is 17.9 Å². The van der Waals surface area contributed by atoms with E-state index in [1.165, 1.54) is 21.0 Å². The number of carbonyl (C=O) groups is 3. The van der Waals surface area contributed by atoms with Crippen molar-refractivity contribution >= 4 is 29.5 Å². The summed E-state index contributed by atoms with van der Waals surface area (Å²) in [7, 11) is 1.34. The number of esters is 3. The summed E-state index contributed by atoms with van der Waals surface area (Å²) < 4.78 is 26.0. The molecule has 8 nitrogen and oxygen atoms in total. The van der Waals surface area contributed by atoms with Gasteiger partial charge in [0, 0.05) is 21.0 Å². The quantitative estimate of drug-likeness (QED) is 0.403. The molecule has 1 heterocycles. The molecule has 1 fully saturated rings. The van der Waals surface area contributed by atoms with E-state index < -0.39 is 54.5 Å². The average molecular weight is 339 g/mol. The molecule has 5 atom stereocenters. The summed E-state index contributed by atoms with van der Waals surface area (Å²) in [4.78, 5) is 34.1. The van der Waals surface area contributed by atoms with Crippen molar-refractivity contribution in [3.63, 3.8) is 0 Å². The van der Waals surface area contributed by atoms with E-state index in [1.807, 2.05) is 0 Å². The van der Waals surface area contributed by atoms with E-state index >= 15 is 0 Å². The van der Waals surface area contributed by atoms with Crippen LogP contribution in [0.25, 0.3) is 0 Å². The van der Waals surface area contributed by atoms with Crippen LogP contribution in [-0.2, 0) is 38.1 Å². The average Bonchev–Trinajstić information content (AvgIpc) is 2.44. The second-order valence-corrected chi connectivity index (χ2v) is 4.95. The van der Waals surface area contributed by atoms with Gasteiger partial charge in [-0.1, -0.05) is 0 Å². The molecule has 0 radical (unpaired) electrons. The Morgan fingerprint density at radius 1 is 1.00 bits per heavy atom. The largest absolute Gasteiger partial charge is 0.456 e. The number of alkyl halides is 1. The summed E-state index contributed by atoms with van der Waals surface area (Å²) >= 11 is 5.42. The summed E-state index contributed by atoms with van der Waals surface area (Å²) in [6.07, 6.45) is -4.74. The molecule has 0 spiro atoms. The highest BCUT2D eigenvalue weighted by Gasteiger charge is 2.50. The summed E-state index contributed by atoms with van der Waals surface area (Å²) in [5.41, 5.74) is 0. The molecule has 0 bridgehead atoms. The van der Waals surface area contributed by atoms with E-state index in [2.05, 4.69) is 0 Å². The third kappa shape index (κ3) is 4.82. The van der Waals surface area contributed by atoms with E-state index in [1.54, 1.807) is 6.92 Å². The van der Waals surface area contributed by atoms with Crippen LogP contribution in [0, 0.1) is 0 Å². The zero-order valence-electron chi connectivity index (χ0n) is 12.7. The number of methoxy groups -OCH3 is 1. The smallest absolute Gasteiger partial charge is 0.321 e. The monoisotopic (exact) mass is 338 g/mol. The fourth-order valence-corrected chi connectivity index (χ4v) is 2.21. The first kappa shape index (κ1) is 18.7. The highest BCUT2D eigenvalue weighted by molar-refractivity contribution is 6.26. The molecular formula is C13H19ClO8. The minimum absolute atomic E-state index is 0.395. The van der Waals surface area contributed by atoms with E-state index in [0.29, 0.717) is 0 Å². The molecule has 9 heteroatoms. The van der Waals surface area contributed by atoms with Crippen molar-refractivity contribution in [2.75, 3.05) is 13.0 Å². The van der Waals surface area contributed by atoms with E-state index in [-0.39, 0.29) is 0 Å². The Morgan fingerprint density at radius 2 is 1.55 bits per heavy atom. The first-order valence-electron chi connectivity index (χ1n) is 6.58. The van der Waals surface area contributed by atoms with Gasteiger partial charge in [0.25, 0.3) is 0 Å². The zero-order valence-corrected chi connectivity index (χ0v) is 13.5. The van der Waals surface area contributed by atoms with Crippen LogP contribution >= 0.6 is 11.6 Å². The fourth-order valence-electron chi connectivity index (χ4n) is 2.15. The normalized spacial score (nSPS) is 31.2. The van der Waals surface area contributed by atoms with Crippen molar-refractivity contribution in [1.29, 1.82) is 0 Å². The van der Waals surface area contributed by atoms with Gasteiger partial charge in [0.15, 0.2) is 24.6 Å². The first-order chi connectivity index (χ1) is 10.3. The van der Waals surface area contributed by atoms with Gasteiger partial charge < -0.3 is 23.7 Å². The van der Waals surface area contributed by atoms with Gasteiger partial charge in [0.1, 0.15) is 5.88 Å². The number of hydrogen-bond acceptors (Lipinski definition) is 8. The minimum atomic E-state index is -1.11. The second kappa shape index (κ2) is 8.30. The van der Waals surface area contributed by atoms with E-state index in [4.69, 9.17) is 35.3 Å². The molecular weight excluding hydrogens is 320 g/mol. The van der Waals surface area contributed by atoms with Crippen molar-refractivity contribution < 1.29 is 38.1 Å². The van der Waals surface area contributed by atoms with Gasteiger partial charge in [-0.3, -0.25) is 14.4 Å². The lowest BCUT2D eigenvalue weighted by atomic mass is 9.99. The Morgan fingerprint density at radius 3 is 2.00 bits per heavy atom. The number of rotatable bonds is 5. The zero-order chi connectivity index (χ0) is 16.9. The molecule has 0 saturated carbocycles. The van der Waals surface area contributed by atoms with Crippen LogP contribution in [0.3, 0.4) is 0 Å². The van der Waals surface area contributed by atoms with E-state index in [0.717, 1.165) is 0 Å². The molecule has 0 aromatic rings. The highest BCUT2D eigenvalue weighted by atomic mass is 35.5. The Bertz CT molecular complexity index is 426. The summed E-state index contributed by atoms with van der Waals surface area (Å²) in [5, 5.41) is 0. The Hall–Kier alpha value is -1.38. The lowest BCUT2D eigenvalue weighted by molar-refractivity contribution is -0.294. The van der Waals surface area contributed by atoms with Crippen molar-refractivity contribution in [1.82, 2.24) is 0 Å². The number of carbonyl (C=O) groups excluding carboxylic acids is 3. The van der Waals surface area contributed by atoms with Crippen LogP contribution in [0.15, 0.2) is 0 Å². The minimum Gasteiger partial charge on any atom is -0.456 e. The molecule has 0 unspecified atom stereocenters. The number of hydrogen-bond donors (Lipinski definition) is 0. The molecule has 1 saturated heterocycles. The van der Waals surface area contributed by atoms with Crippen LogP contribution in [0.2, 0.25) is 0 Å². The number of ether oxygens (including phenoxy) is 5. The lowest BCUT2D eigenvalue weighted by Crippen LogP contribution is -2.61. The molecule has 0 amide bonds. The van der Waals surface area contributed by atoms with Crippen LogP contribution in [-0.4, -0.2) is 61.6 Å². The van der Waals surface area contributed by atoms with Crippen molar-refractivity contribution in [2.45, 2.75) is 51.5 Å². The predicted octanol–water partition coefficient (Wildman–Crippen LogP) is 0.392. The van der Waals surface area contributed by atoms with Crippen LogP contribution < -0.4 is 0 Å². The van der Waals surface area contributed by atoms with Crippen LogP contribution in [0.5, 0.6) is 0 Å². The molecule has 0 aromatic heterocycles. The maximum Gasteiger partial charge on any atom is 0.321 e. The summed E-state index contributed by atoms with van der Waals surface area (Å²) in [6.45, 7) is 4.02. The molecule has 0 aromatic carbocycles. The molecule has 1 aliphatic heterocycles.